The maximum atomic E-state index is 14.5. The lowest BCUT2D eigenvalue weighted by molar-refractivity contribution is -0.186. The standard InChI is InChI=1S/C21H18F4N2O2/c1-12-6-4-7-14-10-15(11-26-19(12)14)29-17-9-5-8-16(22)18(17)13(2)27(3)20(28)21(23,24)25/h4-11,13H,1-3H3. The van der Waals surface area contributed by atoms with Crippen molar-refractivity contribution >= 4 is 16.8 Å². The normalized spacial score (nSPS) is 12.7. The molecule has 0 aliphatic rings. The van der Waals surface area contributed by atoms with Crippen molar-refractivity contribution in [3.63, 3.8) is 0 Å². The highest BCUT2D eigenvalue weighted by atomic mass is 19.4. The summed E-state index contributed by atoms with van der Waals surface area (Å²) >= 11 is 0. The van der Waals surface area contributed by atoms with Gasteiger partial charge in [0.15, 0.2) is 0 Å². The summed E-state index contributed by atoms with van der Waals surface area (Å²) in [5.41, 5.74) is 1.60. The number of benzene rings is 2. The molecule has 4 nitrogen and oxygen atoms in total. The third-order valence-electron chi connectivity index (χ3n) is 4.69. The van der Waals surface area contributed by atoms with Gasteiger partial charge >= 0.3 is 12.1 Å². The molecule has 1 atom stereocenters. The Morgan fingerprint density at radius 3 is 2.55 bits per heavy atom. The topological polar surface area (TPSA) is 42.4 Å². The van der Waals surface area contributed by atoms with Crippen molar-refractivity contribution in [3.05, 3.63) is 65.6 Å². The summed E-state index contributed by atoms with van der Waals surface area (Å²) < 4.78 is 58.6. The number of aromatic nitrogens is 1. The van der Waals surface area contributed by atoms with E-state index in [1.54, 1.807) is 6.07 Å². The summed E-state index contributed by atoms with van der Waals surface area (Å²) in [6, 6.07) is 10.0. The van der Waals surface area contributed by atoms with Crippen LogP contribution in [0.3, 0.4) is 0 Å². The van der Waals surface area contributed by atoms with Crippen LogP contribution in [0.4, 0.5) is 17.6 Å². The number of ether oxygens (including phenoxy) is 1. The molecule has 0 N–H and O–H groups in total. The first-order chi connectivity index (χ1) is 13.6. The first kappa shape index (κ1) is 20.6. The number of hydrogen-bond donors (Lipinski definition) is 0. The molecule has 0 aliphatic carbocycles. The average molecular weight is 406 g/mol. The van der Waals surface area contributed by atoms with Gasteiger partial charge in [0.1, 0.15) is 17.3 Å². The molecule has 1 amide bonds. The minimum absolute atomic E-state index is 0.00753. The number of para-hydroxylation sites is 1. The average Bonchev–Trinajstić information content (AvgIpc) is 2.66. The zero-order chi connectivity index (χ0) is 21.3. The van der Waals surface area contributed by atoms with Crippen molar-refractivity contribution in [1.82, 2.24) is 9.88 Å². The molecule has 1 unspecified atom stereocenters. The van der Waals surface area contributed by atoms with Crippen LogP contribution >= 0.6 is 0 Å². The number of rotatable bonds is 4. The predicted molar refractivity (Wildman–Crippen MR) is 100 cm³/mol. The summed E-state index contributed by atoms with van der Waals surface area (Å²) in [6.07, 6.45) is -3.60. The van der Waals surface area contributed by atoms with Crippen LogP contribution < -0.4 is 4.74 Å². The van der Waals surface area contributed by atoms with E-state index in [-0.39, 0.29) is 11.3 Å². The minimum Gasteiger partial charge on any atom is -0.455 e. The molecule has 0 bridgehead atoms. The Bertz CT molecular complexity index is 1070. The lowest BCUT2D eigenvalue weighted by Gasteiger charge is -2.27. The zero-order valence-corrected chi connectivity index (χ0v) is 15.9. The van der Waals surface area contributed by atoms with E-state index in [4.69, 9.17) is 4.74 Å². The number of aryl methyl sites for hydroxylation is 1. The number of hydrogen-bond acceptors (Lipinski definition) is 3. The van der Waals surface area contributed by atoms with E-state index in [2.05, 4.69) is 4.98 Å². The maximum Gasteiger partial charge on any atom is 0.471 e. The lowest BCUT2D eigenvalue weighted by Crippen LogP contribution is -2.40. The molecule has 8 heteroatoms. The van der Waals surface area contributed by atoms with Gasteiger partial charge in [-0.3, -0.25) is 9.78 Å². The molecule has 0 radical (unpaired) electrons. The van der Waals surface area contributed by atoms with Crippen molar-refractivity contribution < 1.29 is 27.1 Å². The van der Waals surface area contributed by atoms with Crippen molar-refractivity contribution in [2.24, 2.45) is 0 Å². The molecular weight excluding hydrogens is 388 g/mol. The van der Waals surface area contributed by atoms with Crippen molar-refractivity contribution in [2.45, 2.75) is 26.1 Å². The molecule has 29 heavy (non-hydrogen) atoms. The van der Waals surface area contributed by atoms with Gasteiger partial charge in [0, 0.05) is 12.4 Å². The van der Waals surface area contributed by atoms with Gasteiger partial charge in [0.05, 0.1) is 23.3 Å². The maximum absolute atomic E-state index is 14.5. The van der Waals surface area contributed by atoms with E-state index in [0.717, 1.165) is 29.6 Å². The molecule has 0 fully saturated rings. The van der Waals surface area contributed by atoms with Gasteiger partial charge in [-0.25, -0.2) is 4.39 Å². The smallest absolute Gasteiger partial charge is 0.455 e. The quantitative estimate of drug-likeness (QED) is 0.533. The van der Waals surface area contributed by atoms with E-state index in [0.29, 0.717) is 10.6 Å². The Kier molecular flexibility index (Phi) is 5.46. The Hall–Kier alpha value is -3.16. The SMILES string of the molecule is Cc1cccc2cc(Oc3cccc(F)c3C(C)N(C)C(=O)C(F)(F)F)cnc12. The second-order valence-corrected chi connectivity index (χ2v) is 6.66. The van der Waals surface area contributed by atoms with Crippen LogP contribution in [0.5, 0.6) is 11.5 Å². The van der Waals surface area contributed by atoms with E-state index in [1.807, 2.05) is 25.1 Å². The van der Waals surface area contributed by atoms with Crippen LogP contribution in [0, 0.1) is 12.7 Å². The highest BCUT2D eigenvalue weighted by molar-refractivity contribution is 5.83. The number of amides is 1. The molecule has 3 aromatic rings. The zero-order valence-electron chi connectivity index (χ0n) is 15.9. The number of fused-ring (bicyclic) bond motifs is 1. The van der Waals surface area contributed by atoms with Crippen LogP contribution in [0.1, 0.15) is 24.1 Å². The summed E-state index contributed by atoms with van der Waals surface area (Å²) in [6.45, 7) is 3.21. The minimum atomic E-state index is -5.06. The molecule has 0 aliphatic heterocycles. The Morgan fingerprint density at radius 2 is 1.86 bits per heavy atom. The molecule has 152 valence electrons. The van der Waals surface area contributed by atoms with Crippen LogP contribution in [0.25, 0.3) is 10.9 Å². The van der Waals surface area contributed by atoms with E-state index in [1.165, 1.54) is 25.3 Å². The van der Waals surface area contributed by atoms with Crippen molar-refractivity contribution in [1.29, 1.82) is 0 Å². The summed E-state index contributed by atoms with van der Waals surface area (Å²) in [5, 5.41) is 0.804. The van der Waals surface area contributed by atoms with Crippen molar-refractivity contribution in [2.75, 3.05) is 7.05 Å². The molecule has 0 spiro atoms. The second-order valence-electron chi connectivity index (χ2n) is 6.66. The summed E-state index contributed by atoms with van der Waals surface area (Å²) in [7, 11) is 0.969. The van der Waals surface area contributed by atoms with Crippen LogP contribution in [-0.2, 0) is 4.79 Å². The second kappa shape index (κ2) is 7.69. The van der Waals surface area contributed by atoms with E-state index in [9.17, 15) is 22.4 Å². The number of carbonyl (C=O) groups is 1. The fraction of sp³-hybridized carbons (Fsp3) is 0.238. The van der Waals surface area contributed by atoms with Gasteiger partial charge in [-0.15, -0.1) is 0 Å². The van der Waals surface area contributed by atoms with Crippen LogP contribution in [-0.4, -0.2) is 29.0 Å². The number of pyridine rings is 1. The number of carbonyl (C=O) groups excluding carboxylic acids is 1. The fourth-order valence-corrected chi connectivity index (χ4v) is 3.06. The molecule has 3 rings (SSSR count). The summed E-state index contributed by atoms with van der Waals surface area (Å²) in [4.78, 5) is 16.3. The predicted octanol–water partition coefficient (Wildman–Crippen LogP) is 5.56. The molecule has 0 saturated heterocycles. The Morgan fingerprint density at radius 1 is 1.17 bits per heavy atom. The molecule has 0 saturated carbocycles. The van der Waals surface area contributed by atoms with Crippen molar-refractivity contribution in [3.8, 4) is 11.5 Å². The molecular formula is C21H18F4N2O2. The summed E-state index contributed by atoms with van der Waals surface area (Å²) in [5.74, 6) is -2.54. The first-order valence-corrected chi connectivity index (χ1v) is 8.75. The largest absolute Gasteiger partial charge is 0.471 e. The van der Waals surface area contributed by atoms with Crippen LogP contribution in [0.15, 0.2) is 48.7 Å². The van der Waals surface area contributed by atoms with Gasteiger partial charge in [0.25, 0.3) is 0 Å². The lowest BCUT2D eigenvalue weighted by atomic mass is 10.0. The highest BCUT2D eigenvalue weighted by Crippen LogP contribution is 2.36. The molecule has 2 aromatic carbocycles. The number of nitrogens with zero attached hydrogens (tertiary/aromatic N) is 2. The van der Waals surface area contributed by atoms with E-state index >= 15 is 0 Å². The molecule has 1 heterocycles. The third kappa shape index (κ3) is 4.16. The first-order valence-electron chi connectivity index (χ1n) is 8.75. The third-order valence-corrected chi connectivity index (χ3v) is 4.69. The molecule has 1 aromatic heterocycles. The van der Waals surface area contributed by atoms with Gasteiger partial charge in [-0.2, -0.15) is 13.2 Å². The van der Waals surface area contributed by atoms with Gasteiger partial charge in [-0.05, 0) is 37.6 Å². The van der Waals surface area contributed by atoms with Crippen LogP contribution in [0.2, 0.25) is 0 Å². The number of halogens is 4. The van der Waals surface area contributed by atoms with Gasteiger partial charge < -0.3 is 9.64 Å². The Balaban J connectivity index is 1.97. The highest BCUT2D eigenvalue weighted by Gasteiger charge is 2.43. The monoisotopic (exact) mass is 406 g/mol. The number of alkyl halides is 3. The van der Waals surface area contributed by atoms with Gasteiger partial charge in [-0.1, -0.05) is 24.3 Å². The fourth-order valence-electron chi connectivity index (χ4n) is 3.06. The van der Waals surface area contributed by atoms with E-state index < -0.39 is 23.9 Å². The van der Waals surface area contributed by atoms with Gasteiger partial charge in [0.2, 0.25) is 0 Å². The Labute approximate surface area is 164 Å².